The molecule has 6 rings (SSSR count). The number of nitrogens with zero attached hydrogens (tertiary/aromatic N) is 5. The second kappa shape index (κ2) is 8.38. The maximum absolute atomic E-state index is 14.6. The number of piperidine rings is 1. The van der Waals surface area contributed by atoms with Crippen molar-refractivity contribution in [2.24, 2.45) is 0 Å². The van der Waals surface area contributed by atoms with Gasteiger partial charge in [0.2, 0.25) is 21.9 Å². The van der Waals surface area contributed by atoms with E-state index in [0.717, 1.165) is 18.2 Å². The Balaban J connectivity index is 1.29. The summed E-state index contributed by atoms with van der Waals surface area (Å²) < 4.78 is 92.8. The molecule has 14 heteroatoms. The molecule has 1 fully saturated rings. The van der Waals surface area contributed by atoms with Crippen molar-refractivity contribution in [3.05, 3.63) is 60.6 Å². The van der Waals surface area contributed by atoms with E-state index in [4.69, 9.17) is 0 Å². The lowest BCUT2D eigenvalue weighted by atomic mass is 10.1. The minimum atomic E-state index is -4.03. The van der Waals surface area contributed by atoms with Crippen LogP contribution in [0.1, 0.15) is 18.9 Å². The summed E-state index contributed by atoms with van der Waals surface area (Å²) in [7, 11) is -4.03. The Hall–Kier alpha value is -3.78. The minimum absolute atomic E-state index is 0.00777. The lowest BCUT2D eigenvalue weighted by Gasteiger charge is -2.32. The number of imidazole rings is 1. The molecule has 0 atom stereocenters. The summed E-state index contributed by atoms with van der Waals surface area (Å²) in [5.74, 6) is -2.40. The predicted molar refractivity (Wildman–Crippen MR) is 120 cm³/mol. The molecule has 2 aliphatic rings. The van der Waals surface area contributed by atoms with Crippen molar-refractivity contribution in [3.63, 3.8) is 0 Å². The molecule has 0 N–H and O–H groups in total. The van der Waals surface area contributed by atoms with Gasteiger partial charge in [0.25, 0.3) is 0 Å². The van der Waals surface area contributed by atoms with Crippen LogP contribution in [0.5, 0.6) is 11.5 Å². The predicted octanol–water partition coefficient (Wildman–Crippen LogP) is 4.12. The number of ether oxygens (including phenoxy) is 2. The van der Waals surface area contributed by atoms with Crippen LogP contribution in [0.15, 0.2) is 53.6 Å². The highest BCUT2D eigenvalue weighted by Gasteiger charge is 2.44. The van der Waals surface area contributed by atoms with E-state index >= 15 is 0 Å². The Morgan fingerprint density at radius 3 is 2.49 bits per heavy atom. The van der Waals surface area contributed by atoms with Crippen LogP contribution in [0.4, 0.5) is 17.6 Å². The zero-order valence-electron chi connectivity index (χ0n) is 18.8. The molecule has 1 aromatic carbocycles. The Bertz CT molecular complexity index is 1640. The molecule has 0 unspecified atom stereocenters. The van der Waals surface area contributed by atoms with E-state index in [1.54, 1.807) is 22.9 Å². The quantitative estimate of drug-likeness (QED) is 0.286. The van der Waals surface area contributed by atoms with Crippen LogP contribution < -0.4 is 9.47 Å². The summed E-state index contributed by atoms with van der Waals surface area (Å²) in [6.45, 7) is 0.182. The lowest BCUT2D eigenvalue weighted by molar-refractivity contribution is -0.286. The number of alkyl halides is 2. The largest absolute Gasteiger partial charge is 0.586 e. The van der Waals surface area contributed by atoms with Gasteiger partial charge in [-0.3, -0.25) is 0 Å². The molecule has 0 spiro atoms. The first kappa shape index (κ1) is 23.6. The molecule has 2 aliphatic heterocycles. The van der Waals surface area contributed by atoms with Gasteiger partial charge in [0, 0.05) is 31.4 Å². The van der Waals surface area contributed by atoms with Gasteiger partial charge in [-0.2, -0.15) is 18.1 Å². The molecule has 0 bridgehead atoms. The van der Waals surface area contributed by atoms with Gasteiger partial charge < -0.3 is 14.0 Å². The number of hydrogen-bond acceptors (Lipinski definition) is 7. The van der Waals surface area contributed by atoms with Gasteiger partial charge in [0.05, 0.1) is 10.5 Å². The molecule has 4 aromatic rings. The Morgan fingerprint density at radius 2 is 1.73 bits per heavy atom. The molecule has 0 aliphatic carbocycles. The van der Waals surface area contributed by atoms with Crippen LogP contribution in [0.3, 0.4) is 0 Å². The number of rotatable bonds is 4. The lowest BCUT2D eigenvalue weighted by Crippen LogP contribution is -2.39. The highest BCUT2D eigenvalue weighted by Crippen LogP contribution is 2.42. The van der Waals surface area contributed by atoms with Gasteiger partial charge in [-0.15, -0.1) is 8.78 Å². The fraction of sp³-hybridized carbons (Fsp3) is 0.261. The molecule has 1 saturated heterocycles. The van der Waals surface area contributed by atoms with Crippen molar-refractivity contribution < 1.29 is 35.5 Å². The number of pyridine rings is 2. The van der Waals surface area contributed by atoms with Crippen LogP contribution in [0, 0.1) is 11.9 Å². The van der Waals surface area contributed by atoms with Crippen LogP contribution in [0.25, 0.3) is 22.6 Å². The van der Waals surface area contributed by atoms with Gasteiger partial charge in [-0.25, -0.2) is 18.4 Å². The van der Waals surface area contributed by atoms with E-state index in [9.17, 15) is 26.0 Å². The summed E-state index contributed by atoms with van der Waals surface area (Å²) in [5, 5.41) is 0. The van der Waals surface area contributed by atoms with Crippen molar-refractivity contribution >= 4 is 21.2 Å². The average molecular weight is 535 g/mol. The normalized spacial score (nSPS) is 17.9. The molecular formula is C23H17F4N5O4S. The molecular weight excluding hydrogens is 518 g/mol. The first-order valence-corrected chi connectivity index (χ1v) is 12.6. The molecule has 37 heavy (non-hydrogen) atoms. The second-order valence-electron chi connectivity index (χ2n) is 8.54. The SMILES string of the molecule is O=S(=O)(c1ccc2c(c1)OC(F)(F)O2)N1CCC(n2c(-c3ccc(F)nc3F)nc3cccnc32)CC1. The summed E-state index contributed by atoms with van der Waals surface area (Å²) in [6, 6.07) is 8.68. The van der Waals surface area contributed by atoms with Crippen molar-refractivity contribution in [2.75, 3.05) is 13.1 Å². The first-order valence-electron chi connectivity index (χ1n) is 11.2. The molecule has 3 aromatic heterocycles. The zero-order chi connectivity index (χ0) is 25.9. The monoisotopic (exact) mass is 535 g/mol. The van der Waals surface area contributed by atoms with Crippen LogP contribution in [-0.2, 0) is 10.0 Å². The fourth-order valence-electron chi connectivity index (χ4n) is 4.62. The van der Waals surface area contributed by atoms with E-state index in [1.807, 2.05) is 0 Å². The van der Waals surface area contributed by atoms with E-state index in [-0.39, 0.29) is 46.9 Å². The third kappa shape index (κ3) is 4.05. The Labute approximate surface area is 207 Å². The van der Waals surface area contributed by atoms with Gasteiger partial charge in [0.15, 0.2) is 17.1 Å². The van der Waals surface area contributed by atoms with Gasteiger partial charge in [-0.1, -0.05) is 0 Å². The number of hydrogen-bond donors (Lipinski definition) is 0. The van der Waals surface area contributed by atoms with E-state index in [0.29, 0.717) is 24.0 Å². The minimum Gasteiger partial charge on any atom is -0.395 e. The standard InChI is InChI=1S/C23H17F4N5O4S/c24-19-6-4-15(20(25)30-19)21-29-16-2-1-9-28-22(16)32(21)13-7-10-31(11-8-13)37(33,34)14-3-5-17-18(12-14)36-23(26,27)35-17/h1-6,9,12-13H,7-8,10-11H2. The van der Waals surface area contributed by atoms with Crippen LogP contribution in [-0.4, -0.2) is 51.6 Å². The average Bonchev–Trinajstić information content (AvgIpc) is 3.39. The fourth-order valence-corrected chi connectivity index (χ4v) is 6.11. The van der Waals surface area contributed by atoms with E-state index < -0.39 is 28.2 Å². The van der Waals surface area contributed by atoms with Gasteiger partial charge >= 0.3 is 6.29 Å². The smallest absolute Gasteiger partial charge is 0.395 e. The van der Waals surface area contributed by atoms with Gasteiger partial charge in [0.1, 0.15) is 11.3 Å². The van der Waals surface area contributed by atoms with Crippen molar-refractivity contribution in [1.82, 2.24) is 23.8 Å². The summed E-state index contributed by atoms with van der Waals surface area (Å²) in [5.41, 5.74) is 0.958. The number of benzene rings is 1. The van der Waals surface area contributed by atoms with Crippen molar-refractivity contribution in [2.45, 2.75) is 30.1 Å². The van der Waals surface area contributed by atoms with Crippen LogP contribution >= 0.6 is 0 Å². The summed E-state index contributed by atoms with van der Waals surface area (Å²) >= 11 is 0. The Morgan fingerprint density at radius 1 is 0.973 bits per heavy atom. The molecule has 9 nitrogen and oxygen atoms in total. The number of halogens is 4. The number of aromatic nitrogens is 4. The van der Waals surface area contributed by atoms with Crippen LogP contribution in [0.2, 0.25) is 0 Å². The summed E-state index contributed by atoms with van der Waals surface area (Å²) in [6.07, 6.45) is -1.64. The first-order chi connectivity index (χ1) is 17.6. The third-order valence-electron chi connectivity index (χ3n) is 6.30. The van der Waals surface area contributed by atoms with Crippen molar-refractivity contribution in [3.8, 4) is 22.9 Å². The molecule has 192 valence electrons. The van der Waals surface area contributed by atoms with E-state index in [2.05, 4.69) is 24.4 Å². The maximum Gasteiger partial charge on any atom is 0.586 e. The van der Waals surface area contributed by atoms with Crippen molar-refractivity contribution in [1.29, 1.82) is 0 Å². The number of sulfonamides is 1. The third-order valence-corrected chi connectivity index (χ3v) is 8.20. The highest BCUT2D eigenvalue weighted by molar-refractivity contribution is 7.89. The second-order valence-corrected chi connectivity index (χ2v) is 10.5. The molecule has 0 saturated carbocycles. The number of fused-ring (bicyclic) bond motifs is 2. The zero-order valence-corrected chi connectivity index (χ0v) is 19.6. The van der Waals surface area contributed by atoms with E-state index in [1.165, 1.54) is 16.4 Å². The molecule has 0 amide bonds. The Kier molecular flexibility index (Phi) is 5.35. The topological polar surface area (TPSA) is 99.4 Å². The summed E-state index contributed by atoms with van der Waals surface area (Å²) in [4.78, 5) is 11.9. The molecule has 0 radical (unpaired) electrons. The maximum atomic E-state index is 14.6. The molecule has 5 heterocycles. The van der Waals surface area contributed by atoms with Gasteiger partial charge in [-0.05, 0) is 49.2 Å². The highest BCUT2D eigenvalue weighted by atomic mass is 32.2.